The molecule has 0 saturated heterocycles. The molecular weight excluding hydrogens is 588 g/mol. The van der Waals surface area contributed by atoms with Crippen LogP contribution >= 0.6 is 23.2 Å². The summed E-state index contributed by atoms with van der Waals surface area (Å²) in [4.78, 5) is 28.7. The van der Waals surface area contributed by atoms with E-state index in [0.29, 0.717) is 41.0 Å². The average molecular weight is 617 g/mol. The highest BCUT2D eigenvalue weighted by molar-refractivity contribution is 6.37. The van der Waals surface area contributed by atoms with Crippen molar-refractivity contribution in [3.8, 4) is 5.75 Å². The number of amides is 1. The first-order valence-electron chi connectivity index (χ1n) is 13.2. The zero-order valence-corrected chi connectivity index (χ0v) is 24.8. The Morgan fingerprint density at radius 3 is 2.05 bits per heavy atom. The van der Waals surface area contributed by atoms with Gasteiger partial charge in [-0.3, -0.25) is 9.59 Å². The fraction of sp³-hybridized carbons (Fsp3) is 0.250. The van der Waals surface area contributed by atoms with Gasteiger partial charge in [-0.25, -0.2) is 13.2 Å². The van der Waals surface area contributed by atoms with Gasteiger partial charge in [-0.15, -0.1) is 0 Å². The van der Waals surface area contributed by atoms with E-state index in [9.17, 15) is 22.8 Å². The van der Waals surface area contributed by atoms with Crippen LogP contribution in [0.25, 0.3) is 12.2 Å². The normalized spacial score (nSPS) is 17.3. The Labute approximate surface area is 252 Å². The fourth-order valence-corrected chi connectivity index (χ4v) is 5.13. The van der Waals surface area contributed by atoms with Gasteiger partial charge in [0.05, 0.1) is 10.0 Å². The lowest BCUT2D eigenvalue weighted by molar-refractivity contribution is -0.113. The zero-order chi connectivity index (χ0) is 30.6. The van der Waals surface area contributed by atoms with Crippen LogP contribution in [-0.4, -0.2) is 49.9 Å². The van der Waals surface area contributed by atoms with Crippen molar-refractivity contribution in [2.75, 3.05) is 27.2 Å². The largest absolute Gasteiger partial charge is 0.489 e. The highest BCUT2D eigenvalue weighted by Gasteiger charge is 2.29. The maximum Gasteiger partial charge on any atom is 0.251 e. The Morgan fingerprint density at radius 2 is 1.50 bits per heavy atom. The van der Waals surface area contributed by atoms with Crippen molar-refractivity contribution < 1.29 is 27.5 Å². The van der Waals surface area contributed by atoms with Crippen LogP contribution in [-0.2, 0) is 4.79 Å². The van der Waals surface area contributed by atoms with Crippen molar-refractivity contribution >= 4 is 47.0 Å². The second-order valence-electron chi connectivity index (χ2n) is 10.3. The minimum absolute atomic E-state index is 0.135. The lowest BCUT2D eigenvalue weighted by atomic mass is 9.83. The molecule has 4 rings (SSSR count). The van der Waals surface area contributed by atoms with E-state index in [1.54, 1.807) is 25.1 Å². The van der Waals surface area contributed by atoms with Gasteiger partial charge in [-0.2, -0.15) is 0 Å². The van der Waals surface area contributed by atoms with Crippen molar-refractivity contribution in [2.24, 2.45) is 0 Å². The summed E-state index contributed by atoms with van der Waals surface area (Å²) in [6.07, 6.45) is 3.43. The van der Waals surface area contributed by atoms with E-state index in [1.807, 2.05) is 19.0 Å². The first-order chi connectivity index (χ1) is 19.9. The molecule has 1 unspecified atom stereocenters. The van der Waals surface area contributed by atoms with Crippen LogP contribution in [0.2, 0.25) is 10.0 Å². The number of likely N-dealkylation sites (N-methyl/N-ethyl adjacent to an activating group) is 1. The monoisotopic (exact) mass is 616 g/mol. The lowest BCUT2D eigenvalue weighted by Gasteiger charge is -2.27. The molecule has 1 amide bonds. The number of carbonyl (C=O) groups excluding carboxylic acids is 2. The van der Waals surface area contributed by atoms with E-state index >= 15 is 0 Å². The molecular formula is C32H29Cl2F3N2O3. The number of carbonyl (C=O) groups is 2. The molecule has 1 aliphatic rings. The van der Waals surface area contributed by atoms with Crippen molar-refractivity contribution in [1.29, 1.82) is 0 Å². The molecule has 5 nitrogen and oxygen atoms in total. The third kappa shape index (κ3) is 7.82. The molecule has 0 radical (unpaired) electrons. The minimum atomic E-state index is -1.04. The standard InChI is InChI=1S/C32H29Cl2F3N2O3/c1-18-10-19(4-6-27(18)35)11-21-14-24(15-22(30(21)40)12-20-5-7-28(36)29(37)13-20)38-32(41)23-16-25(33)31(26(34)17-23)42-9-8-39(2)3/h4-7,10-13,16-17,24H,8-9,14-15H2,1-3H3,(H,38,41)/b21-11+,22-12+. The van der Waals surface area contributed by atoms with Crippen molar-refractivity contribution in [2.45, 2.75) is 25.8 Å². The number of hydrogen-bond donors (Lipinski definition) is 1. The summed E-state index contributed by atoms with van der Waals surface area (Å²) < 4.78 is 46.9. The fourth-order valence-electron chi connectivity index (χ4n) is 4.54. The van der Waals surface area contributed by atoms with E-state index in [4.69, 9.17) is 27.9 Å². The quantitative estimate of drug-likeness (QED) is 0.270. The van der Waals surface area contributed by atoms with Crippen LogP contribution in [0.1, 0.15) is 39.9 Å². The van der Waals surface area contributed by atoms with Crippen LogP contribution in [0.3, 0.4) is 0 Å². The first-order valence-corrected chi connectivity index (χ1v) is 13.9. The highest BCUT2D eigenvalue weighted by Crippen LogP contribution is 2.35. The van der Waals surface area contributed by atoms with Crippen molar-refractivity contribution in [3.63, 3.8) is 0 Å². The molecule has 3 aromatic rings. The van der Waals surface area contributed by atoms with Crippen molar-refractivity contribution in [1.82, 2.24) is 10.2 Å². The first kappa shape index (κ1) is 31.3. The third-order valence-electron chi connectivity index (χ3n) is 6.70. The van der Waals surface area contributed by atoms with Gasteiger partial charge in [0.25, 0.3) is 5.91 Å². The molecule has 1 atom stereocenters. The number of halogens is 5. The van der Waals surface area contributed by atoms with Crippen molar-refractivity contribution in [3.05, 3.63) is 109 Å². The summed E-state index contributed by atoms with van der Waals surface area (Å²) in [5.74, 6) is -2.92. The maximum absolute atomic E-state index is 13.9. The number of rotatable bonds is 8. The molecule has 0 aliphatic heterocycles. The van der Waals surface area contributed by atoms with Crippen LogP contribution in [0.15, 0.2) is 59.7 Å². The number of benzene rings is 3. The number of ketones is 1. The minimum Gasteiger partial charge on any atom is -0.489 e. The Balaban J connectivity index is 1.62. The molecule has 1 aliphatic carbocycles. The van der Waals surface area contributed by atoms with Gasteiger partial charge in [0, 0.05) is 29.3 Å². The summed E-state index contributed by atoms with van der Waals surface area (Å²) in [5.41, 5.74) is 2.19. The molecule has 1 saturated carbocycles. The molecule has 1 fully saturated rings. The number of nitrogens with zero attached hydrogens (tertiary/aromatic N) is 1. The molecule has 0 heterocycles. The Hall–Kier alpha value is -3.59. The van der Waals surface area contributed by atoms with E-state index in [2.05, 4.69) is 5.32 Å². The van der Waals surface area contributed by atoms with Gasteiger partial charge in [-0.1, -0.05) is 35.3 Å². The van der Waals surface area contributed by atoms with Crippen LogP contribution in [0.4, 0.5) is 13.2 Å². The van der Waals surface area contributed by atoms with E-state index in [1.165, 1.54) is 30.3 Å². The smallest absolute Gasteiger partial charge is 0.251 e. The van der Waals surface area contributed by atoms with Crippen LogP contribution in [0.5, 0.6) is 5.75 Å². The van der Waals surface area contributed by atoms with Gasteiger partial charge >= 0.3 is 0 Å². The van der Waals surface area contributed by atoms with Gasteiger partial charge in [0.1, 0.15) is 12.4 Å². The second-order valence-corrected chi connectivity index (χ2v) is 11.2. The van der Waals surface area contributed by atoms with Crippen LogP contribution < -0.4 is 10.1 Å². The molecule has 3 aromatic carbocycles. The van der Waals surface area contributed by atoms with Gasteiger partial charge < -0.3 is 15.0 Å². The molecule has 1 N–H and O–H groups in total. The molecule has 0 spiro atoms. The van der Waals surface area contributed by atoms with Gasteiger partial charge in [-0.05, 0) is 99.1 Å². The topological polar surface area (TPSA) is 58.6 Å². The highest BCUT2D eigenvalue weighted by atomic mass is 35.5. The predicted molar refractivity (Wildman–Crippen MR) is 159 cm³/mol. The SMILES string of the molecule is Cc1cc(/C=C2\CC(NC(=O)c3cc(Cl)c(OCCN(C)C)c(Cl)c3)C/C(=C\c3ccc(F)c(F)c3)C2=O)ccc1F. The molecule has 0 bridgehead atoms. The van der Waals surface area contributed by atoms with E-state index in [0.717, 1.165) is 12.1 Å². The number of ether oxygens (including phenoxy) is 1. The van der Waals surface area contributed by atoms with E-state index < -0.39 is 23.6 Å². The maximum atomic E-state index is 13.9. The number of aryl methyl sites for hydroxylation is 1. The van der Waals surface area contributed by atoms with E-state index in [-0.39, 0.29) is 45.8 Å². The van der Waals surface area contributed by atoms with Crippen LogP contribution in [0, 0.1) is 24.4 Å². The second kappa shape index (κ2) is 13.6. The molecule has 42 heavy (non-hydrogen) atoms. The summed E-state index contributed by atoms with van der Waals surface area (Å²) in [6.45, 7) is 2.61. The summed E-state index contributed by atoms with van der Waals surface area (Å²) in [5, 5.41) is 3.28. The summed E-state index contributed by atoms with van der Waals surface area (Å²) in [7, 11) is 3.80. The lowest BCUT2D eigenvalue weighted by Crippen LogP contribution is -2.39. The summed E-state index contributed by atoms with van der Waals surface area (Å²) in [6, 6.07) is 10.2. The predicted octanol–water partition coefficient (Wildman–Crippen LogP) is 7.29. The Kier molecular flexibility index (Phi) is 10.1. The summed E-state index contributed by atoms with van der Waals surface area (Å²) >= 11 is 12.8. The zero-order valence-electron chi connectivity index (χ0n) is 23.2. The number of nitrogens with one attached hydrogen (secondary N) is 1. The third-order valence-corrected chi connectivity index (χ3v) is 7.27. The average Bonchev–Trinajstić information content (AvgIpc) is 2.92. The number of hydrogen-bond acceptors (Lipinski definition) is 4. The Bertz CT molecular complexity index is 1490. The number of Topliss-reactive ketones (excluding diaryl/α,β-unsaturated/α-hetero) is 1. The molecule has 220 valence electrons. The Morgan fingerprint density at radius 1 is 0.929 bits per heavy atom. The molecule has 10 heteroatoms. The molecule has 0 aromatic heterocycles. The van der Waals surface area contributed by atoms with Gasteiger partial charge in [0.2, 0.25) is 0 Å². The van der Waals surface area contributed by atoms with Gasteiger partial charge in [0.15, 0.2) is 23.2 Å².